The van der Waals surface area contributed by atoms with E-state index in [2.05, 4.69) is 9.82 Å². The second-order valence-corrected chi connectivity index (χ2v) is 7.70. The lowest BCUT2D eigenvalue weighted by Crippen LogP contribution is -2.31. The average Bonchev–Trinajstić information content (AvgIpc) is 2.81. The third kappa shape index (κ3) is 3.66. The lowest BCUT2D eigenvalue weighted by Gasteiger charge is -2.06. The molecule has 1 N–H and O–H groups in total. The third-order valence-corrected chi connectivity index (χ3v) is 5.61. The van der Waals surface area contributed by atoms with E-state index in [4.69, 9.17) is 11.6 Å². The molecule has 0 aliphatic carbocycles. The van der Waals surface area contributed by atoms with E-state index in [0.717, 1.165) is 11.3 Å². The molecule has 0 aromatic carbocycles. The van der Waals surface area contributed by atoms with Crippen LogP contribution in [0.3, 0.4) is 0 Å². The van der Waals surface area contributed by atoms with Gasteiger partial charge < -0.3 is 0 Å². The fourth-order valence-electron chi connectivity index (χ4n) is 1.51. The van der Waals surface area contributed by atoms with E-state index in [0.29, 0.717) is 10.0 Å². The molecule has 9 heteroatoms. The topological polar surface area (TPSA) is 81.1 Å². The van der Waals surface area contributed by atoms with Crippen LogP contribution < -0.4 is 10.3 Å². The largest absolute Gasteiger partial charge is 0.268 e. The number of rotatable bonds is 5. The van der Waals surface area contributed by atoms with Gasteiger partial charge >= 0.3 is 0 Å². The van der Waals surface area contributed by atoms with Crippen molar-refractivity contribution in [1.29, 1.82) is 0 Å². The lowest BCUT2D eigenvalue weighted by atomic mass is 10.4. The number of nitrogens with one attached hydrogen (secondary N) is 1. The zero-order valence-electron chi connectivity index (χ0n) is 10.5. The van der Waals surface area contributed by atoms with Gasteiger partial charge in [-0.2, -0.15) is 5.10 Å². The first kappa shape index (κ1) is 15.2. The summed E-state index contributed by atoms with van der Waals surface area (Å²) < 4.78 is 28.0. The molecule has 108 valence electrons. The number of aromatic nitrogens is 2. The van der Waals surface area contributed by atoms with Crippen LogP contribution in [0.15, 0.2) is 33.3 Å². The summed E-state index contributed by atoms with van der Waals surface area (Å²) in [4.78, 5) is 11.5. The van der Waals surface area contributed by atoms with Gasteiger partial charge in [-0.1, -0.05) is 11.6 Å². The molecule has 0 radical (unpaired) electrons. The number of aryl methyl sites for hydroxylation is 1. The molecular formula is C11H12ClN3O3S2. The van der Waals surface area contributed by atoms with Crippen LogP contribution in [0.4, 0.5) is 0 Å². The Hall–Kier alpha value is -1.22. The number of nitrogens with zero attached hydrogens (tertiary/aromatic N) is 2. The number of halogens is 1. The van der Waals surface area contributed by atoms with Gasteiger partial charge in [-0.25, -0.2) is 17.8 Å². The third-order valence-electron chi connectivity index (χ3n) is 2.43. The molecule has 2 aromatic rings. The Morgan fingerprint density at radius 3 is 2.75 bits per heavy atom. The normalized spacial score (nSPS) is 11.7. The highest BCUT2D eigenvalue weighted by Gasteiger charge is 2.15. The van der Waals surface area contributed by atoms with Crippen molar-refractivity contribution in [3.8, 4) is 0 Å². The molecule has 2 aromatic heterocycles. The molecule has 6 nitrogen and oxygen atoms in total. The summed E-state index contributed by atoms with van der Waals surface area (Å²) in [7, 11) is -3.59. The molecule has 20 heavy (non-hydrogen) atoms. The highest BCUT2D eigenvalue weighted by Crippen LogP contribution is 2.25. The van der Waals surface area contributed by atoms with Crippen LogP contribution >= 0.6 is 22.9 Å². The smallest absolute Gasteiger partial charge is 0.266 e. The molecule has 0 fully saturated rings. The van der Waals surface area contributed by atoms with Crippen LogP contribution in [0.25, 0.3) is 0 Å². The van der Waals surface area contributed by atoms with Crippen molar-refractivity contribution in [2.75, 3.05) is 6.54 Å². The first-order valence-corrected chi connectivity index (χ1v) is 8.36. The van der Waals surface area contributed by atoms with Crippen molar-refractivity contribution in [2.24, 2.45) is 0 Å². The number of hydrogen-bond acceptors (Lipinski definition) is 5. The lowest BCUT2D eigenvalue weighted by molar-refractivity contribution is 0.545. The van der Waals surface area contributed by atoms with Crippen molar-refractivity contribution < 1.29 is 8.42 Å². The molecule has 2 heterocycles. The quantitative estimate of drug-likeness (QED) is 0.892. The zero-order valence-corrected chi connectivity index (χ0v) is 12.9. The van der Waals surface area contributed by atoms with Crippen LogP contribution in [-0.4, -0.2) is 24.7 Å². The molecule has 0 bridgehead atoms. The Labute approximate surface area is 125 Å². The molecular weight excluding hydrogens is 322 g/mol. The number of thiophene rings is 1. The maximum absolute atomic E-state index is 11.9. The van der Waals surface area contributed by atoms with Gasteiger partial charge in [0.15, 0.2) is 0 Å². The SMILES string of the molecule is Cc1ccc(=O)n(CCNS(=O)(=O)c2ccc(Cl)s2)n1. The van der Waals surface area contributed by atoms with Crippen molar-refractivity contribution >= 4 is 33.0 Å². The minimum atomic E-state index is -3.59. The van der Waals surface area contributed by atoms with Gasteiger partial charge in [-0.05, 0) is 25.1 Å². The van der Waals surface area contributed by atoms with Crippen LogP contribution in [-0.2, 0) is 16.6 Å². The number of hydrogen-bond donors (Lipinski definition) is 1. The standard InChI is InChI=1S/C11H12ClN3O3S2/c1-8-2-4-10(16)15(14-8)7-6-13-20(17,18)11-5-3-9(12)19-11/h2-5,13H,6-7H2,1H3. The molecule has 0 saturated heterocycles. The Kier molecular flexibility index (Phi) is 4.59. The Morgan fingerprint density at radius 1 is 1.35 bits per heavy atom. The highest BCUT2D eigenvalue weighted by atomic mass is 35.5. The van der Waals surface area contributed by atoms with E-state index in [9.17, 15) is 13.2 Å². The molecule has 0 saturated carbocycles. The maximum atomic E-state index is 11.9. The van der Waals surface area contributed by atoms with Crippen molar-refractivity contribution in [1.82, 2.24) is 14.5 Å². The van der Waals surface area contributed by atoms with E-state index < -0.39 is 10.0 Å². The van der Waals surface area contributed by atoms with Crippen LogP contribution in [0.5, 0.6) is 0 Å². The monoisotopic (exact) mass is 333 g/mol. The Bertz CT molecular complexity index is 767. The van der Waals surface area contributed by atoms with E-state index in [1.807, 2.05) is 0 Å². The van der Waals surface area contributed by atoms with Gasteiger partial charge in [0, 0.05) is 12.6 Å². The molecule has 0 aliphatic rings. The Balaban J connectivity index is 2.02. The van der Waals surface area contributed by atoms with Crippen molar-refractivity contribution in [2.45, 2.75) is 17.7 Å². The van der Waals surface area contributed by atoms with Crippen LogP contribution in [0.2, 0.25) is 4.34 Å². The maximum Gasteiger partial charge on any atom is 0.266 e. The van der Waals surface area contributed by atoms with Crippen molar-refractivity contribution in [3.05, 3.63) is 44.6 Å². The van der Waals surface area contributed by atoms with Gasteiger partial charge in [-0.3, -0.25) is 4.79 Å². The zero-order chi connectivity index (χ0) is 14.8. The van der Waals surface area contributed by atoms with Gasteiger partial charge in [0.05, 0.1) is 16.6 Å². The second-order valence-electron chi connectivity index (χ2n) is 3.99. The van der Waals surface area contributed by atoms with Gasteiger partial charge in [0.25, 0.3) is 5.56 Å². The van der Waals surface area contributed by atoms with Gasteiger partial charge in [0.2, 0.25) is 10.0 Å². The summed E-state index contributed by atoms with van der Waals surface area (Å²) in [6.45, 7) is 2.00. The summed E-state index contributed by atoms with van der Waals surface area (Å²) in [5, 5.41) is 4.02. The van der Waals surface area contributed by atoms with Crippen LogP contribution in [0.1, 0.15) is 5.69 Å². The summed E-state index contributed by atoms with van der Waals surface area (Å²) in [6.07, 6.45) is 0. The second kappa shape index (κ2) is 6.04. The summed E-state index contributed by atoms with van der Waals surface area (Å²) in [6, 6.07) is 5.96. The first-order chi connectivity index (χ1) is 9.38. The molecule has 0 spiro atoms. The summed E-state index contributed by atoms with van der Waals surface area (Å²) >= 11 is 6.68. The van der Waals surface area contributed by atoms with Gasteiger partial charge in [-0.15, -0.1) is 11.3 Å². The van der Waals surface area contributed by atoms with Crippen molar-refractivity contribution in [3.63, 3.8) is 0 Å². The van der Waals surface area contributed by atoms with E-state index >= 15 is 0 Å². The predicted molar refractivity (Wildman–Crippen MR) is 77.8 cm³/mol. The summed E-state index contributed by atoms with van der Waals surface area (Å²) in [5.41, 5.74) is 0.423. The summed E-state index contributed by atoms with van der Waals surface area (Å²) in [5.74, 6) is 0. The molecule has 0 aliphatic heterocycles. The molecule has 2 rings (SSSR count). The average molecular weight is 334 g/mol. The molecule has 0 atom stereocenters. The minimum absolute atomic E-state index is 0.0776. The van der Waals surface area contributed by atoms with E-state index in [1.54, 1.807) is 13.0 Å². The van der Waals surface area contributed by atoms with E-state index in [-0.39, 0.29) is 22.9 Å². The van der Waals surface area contributed by atoms with Gasteiger partial charge in [0.1, 0.15) is 4.21 Å². The van der Waals surface area contributed by atoms with Crippen LogP contribution in [0, 0.1) is 6.92 Å². The number of sulfonamides is 1. The first-order valence-electron chi connectivity index (χ1n) is 5.68. The fourth-order valence-corrected chi connectivity index (χ4v) is 4.06. The molecule has 0 amide bonds. The minimum Gasteiger partial charge on any atom is -0.268 e. The molecule has 0 unspecified atom stereocenters. The fraction of sp³-hybridized carbons (Fsp3) is 0.273. The Morgan fingerprint density at radius 2 is 2.10 bits per heavy atom. The highest BCUT2D eigenvalue weighted by molar-refractivity contribution is 7.91. The van der Waals surface area contributed by atoms with E-state index in [1.165, 1.54) is 22.9 Å². The predicted octanol–water partition coefficient (Wildman–Crippen LogP) is 1.25.